The van der Waals surface area contributed by atoms with Gasteiger partial charge in [-0.2, -0.15) is 0 Å². The minimum atomic E-state index is 0.0215. The number of carbonyl (C=O) groups excluding carboxylic acids is 1. The van der Waals surface area contributed by atoms with Gasteiger partial charge in [0.2, 0.25) is 5.95 Å². The maximum atomic E-state index is 12.5. The molecule has 2 aromatic rings. The van der Waals surface area contributed by atoms with Crippen LogP contribution < -0.4 is 9.80 Å². The first-order chi connectivity index (χ1) is 12.3. The van der Waals surface area contributed by atoms with Gasteiger partial charge in [-0.3, -0.25) is 4.79 Å². The van der Waals surface area contributed by atoms with Crippen LogP contribution >= 0.6 is 0 Å². The van der Waals surface area contributed by atoms with Crippen molar-refractivity contribution in [2.75, 3.05) is 49.1 Å². The van der Waals surface area contributed by atoms with Gasteiger partial charge in [-0.15, -0.1) is 0 Å². The molecule has 0 radical (unpaired) electrons. The Morgan fingerprint density at radius 2 is 1.60 bits per heavy atom. The molecule has 2 saturated heterocycles. The Labute approximate surface area is 147 Å². The average molecular weight is 338 g/mol. The van der Waals surface area contributed by atoms with Crippen molar-refractivity contribution in [2.24, 2.45) is 0 Å². The van der Waals surface area contributed by atoms with Gasteiger partial charge in [-0.05, 0) is 31.0 Å². The monoisotopic (exact) mass is 338 g/mol. The molecular weight excluding hydrogens is 316 g/mol. The first-order valence-corrected chi connectivity index (χ1v) is 8.84. The van der Waals surface area contributed by atoms with E-state index in [0.717, 1.165) is 57.9 Å². The van der Waals surface area contributed by atoms with Crippen LogP contribution in [0.2, 0.25) is 0 Å². The number of anilines is 2. The van der Waals surface area contributed by atoms with Crippen LogP contribution in [0.15, 0.2) is 36.7 Å². The molecule has 0 aromatic carbocycles. The highest BCUT2D eigenvalue weighted by Gasteiger charge is 2.23. The fourth-order valence-electron chi connectivity index (χ4n) is 3.38. The molecule has 7 nitrogen and oxygen atoms in total. The average Bonchev–Trinajstić information content (AvgIpc) is 3.23. The van der Waals surface area contributed by atoms with Gasteiger partial charge in [0, 0.05) is 51.7 Å². The number of hydrogen-bond donors (Lipinski definition) is 0. The molecule has 2 aliphatic rings. The number of amides is 1. The van der Waals surface area contributed by atoms with E-state index in [4.69, 9.17) is 0 Å². The van der Waals surface area contributed by atoms with E-state index < -0.39 is 0 Å². The zero-order valence-electron chi connectivity index (χ0n) is 14.2. The quantitative estimate of drug-likeness (QED) is 0.844. The van der Waals surface area contributed by atoms with Crippen molar-refractivity contribution in [2.45, 2.75) is 12.8 Å². The number of rotatable bonds is 3. The number of piperazine rings is 1. The largest absolute Gasteiger partial charge is 0.353 e. The number of likely N-dealkylation sites (tertiary alicyclic amines) is 1. The van der Waals surface area contributed by atoms with Crippen LogP contribution in [0, 0.1) is 0 Å². The highest BCUT2D eigenvalue weighted by molar-refractivity contribution is 5.92. The van der Waals surface area contributed by atoms with Gasteiger partial charge in [0.25, 0.3) is 5.91 Å². The summed E-state index contributed by atoms with van der Waals surface area (Å²) in [7, 11) is 0. The summed E-state index contributed by atoms with van der Waals surface area (Å²) in [6.07, 6.45) is 5.67. The van der Waals surface area contributed by atoms with Gasteiger partial charge in [0.05, 0.1) is 0 Å². The van der Waals surface area contributed by atoms with E-state index in [2.05, 4.69) is 24.8 Å². The zero-order valence-corrected chi connectivity index (χ0v) is 14.2. The SMILES string of the molecule is O=C(c1ccnc(N2CCN(c3ccccn3)CC2)n1)N1CCCC1. The Hall–Kier alpha value is -2.70. The van der Waals surface area contributed by atoms with Crippen LogP contribution in [0.3, 0.4) is 0 Å². The molecule has 25 heavy (non-hydrogen) atoms. The minimum Gasteiger partial charge on any atom is -0.353 e. The number of carbonyl (C=O) groups is 1. The van der Waals surface area contributed by atoms with Crippen LogP contribution in [0.5, 0.6) is 0 Å². The van der Waals surface area contributed by atoms with E-state index in [0.29, 0.717) is 11.6 Å². The van der Waals surface area contributed by atoms with E-state index in [9.17, 15) is 4.79 Å². The second-order valence-corrected chi connectivity index (χ2v) is 6.40. The molecule has 2 aromatic heterocycles. The summed E-state index contributed by atoms with van der Waals surface area (Å²) in [5.74, 6) is 1.67. The first-order valence-electron chi connectivity index (χ1n) is 8.84. The maximum Gasteiger partial charge on any atom is 0.272 e. The third kappa shape index (κ3) is 3.40. The normalized spacial score (nSPS) is 17.8. The van der Waals surface area contributed by atoms with E-state index in [-0.39, 0.29) is 5.91 Å². The van der Waals surface area contributed by atoms with Crippen LogP contribution in [-0.2, 0) is 0 Å². The fraction of sp³-hybridized carbons (Fsp3) is 0.444. The number of aromatic nitrogens is 3. The predicted molar refractivity (Wildman–Crippen MR) is 95.8 cm³/mol. The topological polar surface area (TPSA) is 65.5 Å². The van der Waals surface area contributed by atoms with Gasteiger partial charge in [-0.25, -0.2) is 15.0 Å². The minimum absolute atomic E-state index is 0.0215. The van der Waals surface area contributed by atoms with E-state index in [1.807, 2.05) is 29.3 Å². The zero-order chi connectivity index (χ0) is 17.1. The Morgan fingerprint density at radius 1 is 0.840 bits per heavy atom. The van der Waals surface area contributed by atoms with Crippen molar-refractivity contribution >= 4 is 17.7 Å². The molecule has 0 spiro atoms. The Bertz CT molecular complexity index is 723. The van der Waals surface area contributed by atoms with Gasteiger partial charge >= 0.3 is 0 Å². The molecule has 0 unspecified atom stereocenters. The van der Waals surface area contributed by atoms with Crippen molar-refractivity contribution in [1.29, 1.82) is 0 Å². The van der Waals surface area contributed by atoms with E-state index >= 15 is 0 Å². The van der Waals surface area contributed by atoms with Crippen molar-refractivity contribution in [3.63, 3.8) is 0 Å². The smallest absolute Gasteiger partial charge is 0.272 e. The van der Waals surface area contributed by atoms with Crippen LogP contribution in [0.25, 0.3) is 0 Å². The first kappa shape index (κ1) is 15.8. The molecule has 0 bridgehead atoms. The molecule has 1 amide bonds. The third-order valence-electron chi connectivity index (χ3n) is 4.79. The van der Waals surface area contributed by atoms with Crippen molar-refractivity contribution in [3.8, 4) is 0 Å². The summed E-state index contributed by atoms with van der Waals surface area (Å²) in [5, 5.41) is 0. The summed E-state index contributed by atoms with van der Waals surface area (Å²) >= 11 is 0. The summed E-state index contributed by atoms with van der Waals surface area (Å²) in [6, 6.07) is 7.68. The summed E-state index contributed by atoms with van der Waals surface area (Å²) in [5.41, 5.74) is 0.499. The second-order valence-electron chi connectivity index (χ2n) is 6.40. The maximum absolute atomic E-state index is 12.5. The summed E-state index contributed by atoms with van der Waals surface area (Å²) < 4.78 is 0. The summed E-state index contributed by atoms with van der Waals surface area (Å²) in [4.78, 5) is 32.1. The van der Waals surface area contributed by atoms with Crippen molar-refractivity contribution in [1.82, 2.24) is 19.9 Å². The number of nitrogens with zero attached hydrogens (tertiary/aromatic N) is 6. The van der Waals surface area contributed by atoms with Gasteiger partial charge < -0.3 is 14.7 Å². The molecule has 0 atom stereocenters. The lowest BCUT2D eigenvalue weighted by Crippen LogP contribution is -2.47. The Kier molecular flexibility index (Phi) is 4.45. The predicted octanol–water partition coefficient (Wildman–Crippen LogP) is 1.43. The number of pyridine rings is 1. The molecule has 0 N–H and O–H groups in total. The second kappa shape index (κ2) is 7.04. The lowest BCUT2D eigenvalue weighted by Gasteiger charge is -2.35. The van der Waals surface area contributed by atoms with Crippen LogP contribution in [-0.4, -0.2) is 65.0 Å². The van der Waals surface area contributed by atoms with E-state index in [1.165, 1.54) is 0 Å². The standard InChI is InChI=1S/C18H22N6O/c25-17(23-9-3-4-10-23)15-6-8-20-18(21-15)24-13-11-22(12-14-24)16-5-1-2-7-19-16/h1-2,5-8H,3-4,9-14H2. The highest BCUT2D eigenvalue weighted by atomic mass is 16.2. The molecule has 4 rings (SSSR count). The molecule has 7 heteroatoms. The van der Waals surface area contributed by atoms with Gasteiger partial charge in [-0.1, -0.05) is 6.07 Å². The molecule has 0 aliphatic carbocycles. The van der Waals surface area contributed by atoms with Gasteiger partial charge in [0.15, 0.2) is 0 Å². The number of hydrogen-bond acceptors (Lipinski definition) is 6. The van der Waals surface area contributed by atoms with Crippen molar-refractivity contribution < 1.29 is 4.79 Å². The lowest BCUT2D eigenvalue weighted by molar-refractivity contribution is 0.0787. The molecule has 0 saturated carbocycles. The van der Waals surface area contributed by atoms with Crippen LogP contribution in [0.4, 0.5) is 11.8 Å². The highest BCUT2D eigenvalue weighted by Crippen LogP contribution is 2.17. The Morgan fingerprint density at radius 3 is 2.32 bits per heavy atom. The summed E-state index contributed by atoms with van der Waals surface area (Å²) in [6.45, 7) is 5.03. The molecule has 4 heterocycles. The molecule has 130 valence electrons. The third-order valence-corrected chi connectivity index (χ3v) is 4.79. The van der Waals surface area contributed by atoms with Crippen molar-refractivity contribution in [3.05, 3.63) is 42.4 Å². The Balaban J connectivity index is 1.43. The lowest BCUT2D eigenvalue weighted by atomic mass is 10.3. The van der Waals surface area contributed by atoms with E-state index in [1.54, 1.807) is 12.3 Å². The molecular formula is C18H22N6O. The molecule has 2 aliphatic heterocycles. The van der Waals surface area contributed by atoms with Gasteiger partial charge in [0.1, 0.15) is 11.5 Å². The molecule has 2 fully saturated rings. The fourth-order valence-corrected chi connectivity index (χ4v) is 3.38. The van der Waals surface area contributed by atoms with Crippen LogP contribution in [0.1, 0.15) is 23.3 Å².